The average molecular weight is 416 g/mol. The Balaban J connectivity index is 1.58. The van der Waals surface area contributed by atoms with E-state index in [1.807, 2.05) is 6.07 Å². The summed E-state index contributed by atoms with van der Waals surface area (Å²) < 4.78 is 22.7. The van der Waals surface area contributed by atoms with Gasteiger partial charge in [0.05, 0.1) is 10.9 Å². The second-order valence-electron chi connectivity index (χ2n) is 7.17. The number of guanidine groups is 1. The summed E-state index contributed by atoms with van der Waals surface area (Å²) in [5.41, 5.74) is 2.25. The number of benzene rings is 2. The lowest BCUT2D eigenvalue weighted by Gasteiger charge is -2.29. The van der Waals surface area contributed by atoms with Crippen molar-refractivity contribution in [1.29, 1.82) is 0 Å². The van der Waals surface area contributed by atoms with Gasteiger partial charge in [0, 0.05) is 20.1 Å². The van der Waals surface area contributed by atoms with Crippen molar-refractivity contribution < 1.29 is 8.42 Å². The number of sulfonamides is 1. The quantitative estimate of drug-likeness (QED) is 0.473. The van der Waals surface area contributed by atoms with Crippen LogP contribution in [-0.4, -0.2) is 46.0 Å². The number of nitrogens with one attached hydrogen (secondary N) is 2. The molecule has 2 aromatic carbocycles. The molecule has 8 heteroatoms. The Morgan fingerprint density at radius 1 is 1.07 bits per heavy atom. The van der Waals surface area contributed by atoms with Crippen molar-refractivity contribution in [3.8, 4) is 0 Å². The SMILES string of the molecule is CN=C(NCc1ccc(S(N)(=O)=O)cc1)NCC(c1ccccc1)N1CCCC1. The standard InChI is InChI=1S/C21H29N5O2S/c1-23-21(24-15-17-9-11-19(12-10-17)29(22,27)28)25-16-20(26-13-5-6-14-26)18-7-3-2-4-8-18/h2-4,7-12,20H,5-6,13-16H2,1H3,(H2,22,27,28)(H2,23,24,25). The highest BCUT2D eigenvalue weighted by Crippen LogP contribution is 2.24. The van der Waals surface area contributed by atoms with Crippen molar-refractivity contribution in [3.63, 3.8) is 0 Å². The Kier molecular flexibility index (Phi) is 7.24. The summed E-state index contributed by atoms with van der Waals surface area (Å²) in [6.07, 6.45) is 2.48. The molecule has 1 atom stereocenters. The van der Waals surface area contributed by atoms with Crippen LogP contribution < -0.4 is 15.8 Å². The van der Waals surface area contributed by atoms with Crippen LogP contribution in [0, 0.1) is 0 Å². The van der Waals surface area contributed by atoms with Gasteiger partial charge in [0.15, 0.2) is 5.96 Å². The topological polar surface area (TPSA) is 99.8 Å². The third-order valence-corrected chi connectivity index (χ3v) is 6.09. The number of hydrogen-bond acceptors (Lipinski definition) is 4. The van der Waals surface area contributed by atoms with E-state index < -0.39 is 10.0 Å². The molecule has 0 bridgehead atoms. The predicted octanol–water partition coefficient (Wildman–Crippen LogP) is 1.84. The van der Waals surface area contributed by atoms with Crippen LogP contribution in [0.3, 0.4) is 0 Å². The molecule has 3 rings (SSSR count). The van der Waals surface area contributed by atoms with E-state index in [4.69, 9.17) is 5.14 Å². The molecule has 0 radical (unpaired) electrons. The molecule has 156 valence electrons. The highest BCUT2D eigenvalue weighted by molar-refractivity contribution is 7.89. The number of primary sulfonamides is 1. The Hall–Kier alpha value is -2.42. The van der Waals surface area contributed by atoms with Crippen molar-refractivity contribution >= 4 is 16.0 Å². The zero-order valence-corrected chi connectivity index (χ0v) is 17.5. The summed E-state index contributed by atoms with van der Waals surface area (Å²) in [5, 5.41) is 11.9. The number of hydrogen-bond donors (Lipinski definition) is 3. The first-order valence-corrected chi connectivity index (χ1v) is 11.4. The molecule has 0 amide bonds. The van der Waals surface area contributed by atoms with E-state index in [0.29, 0.717) is 18.5 Å². The summed E-state index contributed by atoms with van der Waals surface area (Å²) in [5.74, 6) is 0.709. The van der Waals surface area contributed by atoms with Crippen LogP contribution in [0.25, 0.3) is 0 Å². The minimum Gasteiger partial charge on any atom is -0.354 e. The molecular formula is C21H29N5O2S. The van der Waals surface area contributed by atoms with Crippen molar-refractivity contribution in [1.82, 2.24) is 15.5 Å². The minimum absolute atomic E-state index is 0.111. The molecule has 7 nitrogen and oxygen atoms in total. The molecule has 1 aliphatic rings. The van der Waals surface area contributed by atoms with Crippen LogP contribution in [0.4, 0.5) is 0 Å². The first kappa shape index (κ1) is 21.3. The van der Waals surface area contributed by atoms with Crippen LogP contribution >= 0.6 is 0 Å². The molecular weight excluding hydrogens is 386 g/mol. The summed E-state index contributed by atoms with van der Waals surface area (Å²) in [6, 6.07) is 17.4. The maximum atomic E-state index is 11.4. The van der Waals surface area contributed by atoms with Crippen molar-refractivity contribution in [2.24, 2.45) is 10.1 Å². The monoisotopic (exact) mass is 415 g/mol. The largest absolute Gasteiger partial charge is 0.354 e. The zero-order chi connectivity index (χ0) is 20.7. The lowest BCUT2D eigenvalue weighted by molar-refractivity contribution is 0.245. The van der Waals surface area contributed by atoms with Gasteiger partial charge in [0.25, 0.3) is 0 Å². The molecule has 1 unspecified atom stereocenters. The van der Waals surface area contributed by atoms with E-state index in [0.717, 1.165) is 25.2 Å². The number of likely N-dealkylation sites (tertiary alicyclic amines) is 1. The third-order valence-electron chi connectivity index (χ3n) is 5.16. The van der Waals surface area contributed by atoms with Crippen LogP contribution in [0.2, 0.25) is 0 Å². The van der Waals surface area contributed by atoms with Gasteiger partial charge >= 0.3 is 0 Å². The molecule has 1 aliphatic heterocycles. The third kappa shape index (κ3) is 6.03. The van der Waals surface area contributed by atoms with E-state index in [9.17, 15) is 8.42 Å². The van der Waals surface area contributed by atoms with Gasteiger partial charge in [-0.15, -0.1) is 0 Å². The van der Waals surface area contributed by atoms with Crippen LogP contribution in [-0.2, 0) is 16.6 Å². The Morgan fingerprint density at radius 2 is 1.72 bits per heavy atom. The second-order valence-corrected chi connectivity index (χ2v) is 8.73. The van der Waals surface area contributed by atoms with Crippen molar-refractivity contribution in [2.75, 3.05) is 26.7 Å². The number of nitrogens with zero attached hydrogens (tertiary/aromatic N) is 2. The molecule has 0 spiro atoms. The fraction of sp³-hybridized carbons (Fsp3) is 0.381. The second kappa shape index (κ2) is 9.87. The Bertz CT molecular complexity index is 908. The van der Waals surface area contributed by atoms with E-state index >= 15 is 0 Å². The maximum Gasteiger partial charge on any atom is 0.238 e. The van der Waals surface area contributed by atoms with Gasteiger partial charge in [-0.1, -0.05) is 42.5 Å². The first-order valence-electron chi connectivity index (χ1n) is 9.82. The molecule has 4 N–H and O–H groups in total. The van der Waals surface area contributed by atoms with E-state index in [1.165, 1.54) is 30.5 Å². The molecule has 0 aromatic heterocycles. The normalized spacial score (nSPS) is 16.6. The molecule has 1 fully saturated rings. The zero-order valence-electron chi connectivity index (χ0n) is 16.7. The summed E-state index contributed by atoms with van der Waals surface area (Å²) in [4.78, 5) is 6.94. The summed E-state index contributed by atoms with van der Waals surface area (Å²) >= 11 is 0. The van der Waals surface area contributed by atoms with Crippen molar-refractivity contribution in [2.45, 2.75) is 30.3 Å². The smallest absolute Gasteiger partial charge is 0.238 e. The molecule has 0 saturated carbocycles. The van der Waals surface area contributed by atoms with Gasteiger partial charge < -0.3 is 10.6 Å². The summed E-state index contributed by atoms with van der Waals surface area (Å²) in [6.45, 7) is 3.52. The fourth-order valence-electron chi connectivity index (χ4n) is 3.58. The fourth-order valence-corrected chi connectivity index (χ4v) is 4.10. The molecule has 1 heterocycles. The van der Waals surface area contributed by atoms with Gasteiger partial charge in [-0.25, -0.2) is 13.6 Å². The van der Waals surface area contributed by atoms with Crippen LogP contribution in [0.1, 0.15) is 30.0 Å². The predicted molar refractivity (Wildman–Crippen MR) is 116 cm³/mol. The minimum atomic E-state index is -3.67. The molecule has 1 saturated heterocycles. The molecule has 0 aliphatic carbocycles. The average Bonchev–Trinajstić information content (AvgIpc) is 3.25. The Morgan fingerprint density at radius 3 is 2.31 bits per heavy atom. The van der Waals surface area contributed by atoms with Crippen LogP contribution in [0.5, 0.6) is 0 Å². The van der Waals surface area contributed by atoms with E-state index in [-0.39, 0.29) is 4.90 Å². The summed E-state index contributed by atoms with van der Waals surface area (Å²) in [7, 11) is -1.93. The van der Waals surface area contributed by atoms with Gasteiger partial charge in [-0.2, -0.15) is 0 Å². The highest BCUT2D eigenvalue weighted by Gasteiger charge is 2.23. The van der Waals surface area contributed by atoms with Gasteiger partial charge in [-0.3, -0.25) is 9.89 Å². The van der Waals surface area contributed by atoms with Gasteiger partial charge in [0.2, 0.25) is 10.0 Å². The number of aliphatic imine (C=N–C) groups is 1. The molecule has 2 aromatic rings. The van der Waals surface area contributed by atoms with Crippen molar-refractivity contribution in [3.05, 3.63) is 65.7 Å². The van der Waals surface area contributed by atoms with Gasteiger partial charge in [0.1, 0.15) is 0 Å². The van der Waals surface area contributed by atoms with E-state index in [2.05, 4.69) is 44.8 Å². The van der Waals surface area contributed by atoms with E-state index in [1.54, 1.807) is 19.2 Å². The first-order chi connectivity index (χ1) is 14.0. The molecule has 29 heavy (non-hydrogen) atoms. The Labute approximate surface area is 173 Å². The lowest BCUT2D eigenvalue weighted by Crippen LogP contribution is -2.42. The van der Waals surface area contributed by atoms with Gasteiger partial charge in [-0.05, 0) is 49.2 Å². The highest BCUT2D eigenvalue weighted by atomic mass is 32.2. The van der Waals surface area contributed by atoms with Crippen LogP contribution in [0.15, 0.2) is 64.5 Å². The number of nitrogens with two attached hydrogens (primary N) is 1. The maximum absolute atomic E-state index is 11.4. The number of rotatable bonds is 7. The lowest BCUT2D eigenvalue weighted by atomic mass is 10.1.